The number of aromatic carboxylic acids is 1. The standard InChI is InChI=1S/C28H43NO6/c1-5-6-7-8-21-18-24(35-16-15-34-14-13-33-12-11-29)26(27(30)25(21)28(31)32)23-17-20(4)9-10-22(23)19(2)3/h17-18,22-23,30H,2,5-16,29H2,1,3-4H3,(H,31,32). The third-order valence-corrected chi connectivity index (χ3v) is 6.48. The molecule has 0 aromatic heterocycles. The summed E-state index contributed by atoms with van der Waals surface area (Å²) < 4.78 is 17.0. The Kier molecular flexibility index (Phi) is 12.3. The van der Waals surface area contributed by atoms with Crippen LogP contribution in [0.25, 0.3) is 0 Å². The third kappa shape index (κ3) is 8.37. The molecule has 0 bridgehead atoms. The number of nitrogens with two attached hydrogens (primary N) is 1. The van der Waals surface area contributed by atoms with E-state index in [0.717, 1.165) is 37.7 Å². The molecule has 0 fully saturated rings. The van der Waals surface area contributed by atoms with Crippen molar-refractivity contribution in [3.8, 4) is 11.5 Å². The second-order valence-electron chi connectivity index (χ2n) is 9.33. The Balaban J connectivity index is 2.39. The highest BCUT2D eigenvalue weighted by atomic mass is 16.5. The quantitative estimate of drug-likeness (QED) is 0.216. The van der Waals surface area contributed by atoms with Gasteiger partial charge in [0.1, 0.15) is 23.7 Å². The minimum Gasteiger partial charge on any atom is -0.507 e. The molecule has 1 aliphatic rings. The summed E-state index contributed by atoms with van der Waals surface area (Å²) in [6.07, 6.45) is 7.39. The maximum Gasteiger partial charge on any atom is 0.339 e. The number of carboxylic acids is 1. The van der Waals surface area contributed by atoms with Crippen molar-refractivity contribution in [3.63, 3.8) is 0 Å². The average Bonchev–Trinajstić information content (AvgIpc) is 2.80. The number of aryl methyl sites for hydroxylation is 1. The summed E-state index contributed by atoms with van der Waals surface area (Å²) in [7, 11) is 0. The van der Waals surface area contributed by atoms with Gasteiger partial charge in [-0.2, -0.15) is 0 Å². The van der Waals surface area contributed by atoms with Crippen LogP contribution in [0, 0.1) is 5.92 Å². The van der Waals surface area contributed by atoms with Crippen LogP contribution in [0.4, 0.5) is 0 Å². The summed E-state index contributed by atoms with van der Waals surface area (Å²) in [5.41, 5.74) is 8.73. The molecule has 0 amide bonds. The largest absolute Gasteiger partial charge is 0.507 e. The monoisotopic (exact) mass is 489 g/mol. The molecule has 4 N–H and O–H groups in total. The Bertz CT molecular complexity index is 879. The number of hydrogen-bond acceptors (Lipinski definition) is 6. The first-order valence-corrected chi connectivity index (χ1v) is 12.7. The number of ether oxygens (including phenoxy) is 3. The van der Waals surface area contributed by atoms with Crippen LogP contribution in [0.1, 0.15) is 80.3 Å². The molecule has 0 spiro atoms. The van der Waals surface area contributed by atoms with Crippen molar-refractivity contribution in [3.05, 3.63) is 46.6 Å². The topological polar surface area (TPSA) is 111 Å². The summed E-state index contributed by atoms with van der Waals surface area (Å²) >= 11 is 0. The van der Waals surface area contributed by atoms with E-state index in [9.17, 15) is 15.0 Å². The number of carbonyl (C=O) groups is 1. The highest BCUT2D eigenvalue weighted by Crippen LogP contribution is 2.48. The number of rotatable bonds is 16. The molecule has 2 unspecified atom stereocenters. The lowest BCUT2D eigenvalue weighted by molar-refractivity contribution is 0.0386. The van der Waals surface area contributed by atoms with Crippen LogP contribution < -0.4 is 10.5 Å². The van der Waals surface area contributed by atoms with Gasteiger partial charge < -0.3 is 30.2 Å². The first kappa shape index (κ1) is 28.9. The maximum absolute atomic E-state index is 12.2. The second kappa shape index (κ2) is 14.9. The first-order valence-electron chi connectivity index (χ1n) is 12.7. The van der Waals surface area contributed by atoms with Gasteiger partial charge in [0, 0.05) is 18.0 Å². The summed E-state index contributed by atoms with van der Waals surface area (Å²) in [5, 5.41) is 21.4. The SMILES string of the molecule is C=C(C)C1CCC(C)=CC1c1c(OCCOCCOCCN)cc(CCCCC)c(C(=O)O)c1O. The van der Waals surface area contributed by atoms with E-state index in [1.807, 2.05) is 13.0 Å². The Labute approximate surface area is 210 Å². The van der Waals surface area contributed by atoms with Gasteiger partial charge >= 0.3 is 5.97 Å². The lowest BCUT2D eigenvalue weighted by atomic mass is 9.73. The van der Waals surface area contributed by atoms with E-state index in [2.05, 4.69) is 26.5 Å². The van der Waals surface area contributed by atoms with Gasteiger partial charge in [-0.15, -0.1) is 0 Å². The van der Waals surface area contributed by atoms with Crippen LogP contribution in [0.2, 0.25) is 0 Å². The Hall–Kier alpha value is -2.35. The van der Waals surface area contributed by atoms with Crippen molar-refractivity contribution in [2.75, 3.05) is 39.6 Å². The minimum atomic E-state index is -1.12. The number of benzene rings is 1. The number of carboxylic acid groups (broad SMARTS) is 1. The third-order valence-electron chi connectivity index (χ3n) is 6.48. The molecule has 0 aliphatic heterocycles. The molecule has 7 heteroatoms. The van der Waals surface area contributed by atoms with E-state index in [1.54, 1.807) is 0 Å². The van der Waals surface area contributed by atoms with Crippen molar-refractivity contribution in [2.45, 2.75) is 65.2 Å². The predicted molar refractivity (Wildman–Crippen MR) is 139 cm³/mol. The van der Waals surface area contributed by atoms with E-state index in [1.165, 1.54) is 5.57 Å². The molecule has 0 saturated carbocycles. The zero-order valence-corrected chi connectivity index (χ0v) is 21.6. The average molecular weight is 490 g/mol. The molecule has 35 heavy (non-hydrogen) atoms. The van der Waals surface area contributed by atoms with Gasteiger partial charge in [0.2, 0.25) is 0 Å². The van der Waals surface area contributed by atoms with E-state index < -0.39 is 5.97 Å². The van der Waals surface area contributed by atoms with Gasteiger partial charge in [-0.05, 0) is 57.1 Å². The lowest BCUT2D eigenvalue weighted by Crippen LogP contribution is -2.20. The fourth-order valence-corrected chi connectivity index (χ4v) is 4.68. The Morgan fingerprint density at radius 3 is 2.49 bits per heavy atom. The van der Waals surface area contributed by atoms with Crippen LogP contribution in [0.5, 0.6) is 11.5 Å². The normalized spacial score (nSPS) is 17.8. The Morgan fingerprint density at radius 2 is 1.86 bits per heavy atom. The molecular formula is C28H43NO6. The molecular weight excluding hydrogens is 446 g/mol. The van der Waals surface area contributed by atoms with Gasteiger partial charge in [-0.1, -0.05) is 43.6 Å². The number of aromatic hydroxyl groups is 1. The molecule has 2 atom stereocenters. The van der Waals surface area contributed by atoms with Gasteiger partial charge in [0.05, 0.1) is 26.4 Å². The predicted octanol–water partition coefficient (Wildman–Crippen LogP) is 5.21. The summed E-state index contributed by atoms with van der Waals surface area (Å²) in [5.74, 6) is -0.907. The molecule has 2 rings (SSSR count). The van der Waals surface area contributed by atoms with Crippen molar-refractivity contribution < 1.29 is 29.2 Å². The minimum absolute atomic E-state index is 0.0196. The van der Waals surface area contributed by atoms with Gasteiger partial charge in [0.25, 0.3) is 0 Å². The van der Waals surface area contributed by atoms with Gasteiger partial charge in [-0.3, -0.25) is 0 Å². The highest BCUT2D eigenvalue weighted by Gasteiger charge is 2.33. The molecule has 196 valence electrons. The summed E-state index contributed by atoms with van der Waals surface area (Å²) in [6.45, 7) is 12.8. The smallest absolute Gasteiger partial charge is 0.339 e. The molecule has 0 saturated heterocycles. The molecule has 7 nitrogen and oxygen atoms in total. The van der Waals surface area contributed by atoms with Crippen molar-refractivity contribution >= 4 is 5.97 Å². The number of unbranched alkanes of at least 4 members (excludes halogenated alkanes) is 2. The summed E-state index contributed by atoms with van der Waals surface area (Å²) in [4.78, 5) is 12.2. The highest BCUT2D eigenvalue weighted by molar-refractivity contribution is 5.94. The van der Waals surface area contributed by atoms with Crippen molar-refractivity contribution in [1.29, 1.82) is 0 Å². The second-order valence-corrected chi connectivity index (χ2v) is 9.33. The fourth-order valence-electron chi connectivity index (χ4n) is 4.68. The number of allylic oxidation sites excluding steroid dienone is 3. The van der Waals surface area contributed by atoms with Crippen LogP contribution >= 0.6 is 0 Å². The van der Waals surface area contributed by atoms with Gasteiger partial charge in [-0.25, -0.2) is 4.79 Å². The van der Waals surface area contributed by atoms with E-state index >= 15 is 0 Å². The van der Waals surface area contributed by atoms with Crippen molar-refractivity contribution in [2.24, 2.45) is 11.7 Å². The van der Waals surface area contributed by atoms with Crippen LogP contribution in [0.15, 0.2) is 29.9 Å². The van der Waals surface area contributed by atoms with E-state index in [-0.39, 0.29) is 29.8 Å². The van der Waals surface area contributed by atoms with Crippen molar-refractivity contribution in [1.82, 2.24) is 0 Å². The first-order chi connectivity index (χ1) is 16.8. The summed E-state index contributed by atoms with van der Waals surface area (Å²) in [6, 6.07) is 1.81. The Morgan fingerprint density at radius 1 is 1.17 bits per heavy atom. The van der Waals surface area contributed by atoms with E-state index in [0.29, 0.717) is 56.3 Å². The number of phenols is 1. The number of hydrogen-bond donors (Lipinski definition) is 3. The van der Waals surface area contributed by atoms with E-state index in [4.69, 9.17) is 19.9 Å². The van der Waals surface area contributed by atoms with Crippen LogP contribution in [0.3, 0.4) is 0 Å². The molecule has 1 aliphatic carbocycles. The van der Waals surface area contributed by atoms with Crippen LogP contribution in [-0.2, 0) is 15.9 Å². The molecule has 1 aromatic carbocycles. The zero-order chi connectivity index (χ0) is 25.8. The molecule has 0 heterocycles. The fraction of sp³-hybridized carbons (Fsp3) is 0.607. The zero-order valence-electron chi connectivity index (χ0n) is 21.6. The molecule has 0 radical (unpaired) electrons. The lowest BCUT2D eigenvalue weighted by Gasteiger charge is -2.32. The van der Waals surface area contributed by atoms with Gasteiger partial charge in [0.15, 0.2) is 0 Å². The van der Waals surface area contributed by atoms with Crippen LogP contribution in [-0.4, -0.2) is 55.8 Å². The maximum atomic E-state index is 12.2. The molecule has 1 aromatic rings.